The summed E-state index contributed by atoms with van der Waals surface area (Å²) in [4.78, 5) is 23.2. The first kappa shape index (κ1) is 10.4. The molecule has 1 aliphatic heterocycles. The molecule has 0 aromatic heterocycles. The van der Waals surface area contributed by atoms with Crippen LogP contribution in [0.5, 0.6) is 0 Å². The standard InChI is InChI=1S/C10H17N3O2/c11-13-8(14)10(12-9(13)15)6-4-2-1-3-5-7-10/h1-7,11H2,(H,12,15). The molecule has 0 aromatic carbocycles. The molecular weight excluding hydrogens is 194 g/mol. The van der Waals surface area contributed by atoms with Crippen LogP contribution in [0.4, 0.5) is 4.79 Å². The molecule has 1 aliphatic carbocycles. The largest absolute Gasteiger partial charge is 0.339 e. The summed E-state index contributed by atoms with van der Waals surface area (Å²) in [7, 11) is 0. The van der Waals surface area contributed by atoms with Crippen molar-refractivity contribution in [2.75, 3.05) is 0 Å². The quantitative estimate of drug-likeness (QED) is 0.355. The molecule has 3 amide bonds. The van der Waals surface area contributed by atoms with E-state index in [0.717, 1.165) is 43.5 Å². The van der Waals surface area contributed by atoms with E-state index in [4.69, 9.17) is 5.84 Å². The Labute approximate surface area is 89.0 Å². The molecule has 84 valence electrons. The minimum atomic E-state index is -0.688. The van der Waals surface area contributed by atoms with Crippen LogP contribution >= 0.6 is 0 Å². The summed E-state index contributed by atoms with van der Waals surface area (Å²) in [5, 5.41) is 3.47. The summed E-state index contributed by atoms with van der Waals surface area (Å²) in [6.45, 7) is 0. The number of nitrogens with two attached hydrogens (primary N) is 1. The van der Waals surface area contributed by atoms with E-state index in [1.807, 2.05) is 0 Å². The highest BCUT2D eigenvalue weighted by molar-refractivity contribution is 6.06. The van der Waals surface area contributed by atoms with Gasteiger partial charge < -0.3 is 5.32 Å². The van der Waals surface area contributed by atoms with Crippen molar-refractivity contribution in [3.05, 3.63) is 0 Å². The first-order valence-electron chi connectivity index (χ1n) is 5.57. The molecule has 0 atom stereocenters. The molecule has 1 saturated heterocycles. The number of urea groups is 1. The Balaban J connectivity index is 2.16. The highest BCUT2D eigenvalue weighted by atomic mass is 16.2. The number of hydrazine groups is 1. The van der Waals surface area contributed by atoms with Crippen LogP contribution in [-0.4, -0.2) is 22.5 Å². The summed E-state index contributed by atoms with van der Waals surface area (Å²) in [5.41, 5.74) is -0.688. The number of amides is 3. The van der Waals surface area contributed by atoms with Crippen LogP contribution in [0.2, 0.25) is 0 Å². The molecule has 0 unspecified atom stereocenters. The molecule has 2 fully saturated rings. The maximum absolute atomic E-state index is 11.9. The normalized spacial score (nSPS) is 26.3. The van der Waals surface area contributed by atoms with Gasteiger partial charge in [-0.25, -0.2) is 10.6 Å². The zero-order valence-electron chi connectivity index (χ0n) is 8.79. The molecule has 15 heavy (non-hydrogen) atoms. The monoisotopic (exact) mass is 211 g/mol. The van der Waals surface area contributed by atoms with Crippen LogP contribution in [0.3, 0.4) is 0 Å². The highest BCUT2D eigenvalue weighted by Gasteiger charge is 2.49. The van der Waals surface area contributed by atoms with Crippen molar-refractivity contribution in [1.82, 2.24) is 10.3 Å². The number of nitrogens with one attached hydrogen (secondary N) is 1. The van der Waals surface area contributed by atoms with E-state index in [-0.39, 0.29) is 5.91 Å². The van der Waals surface area contributed by atoms with Gasteiger partial charge in [0, 0.05) is 0 Å². The second-order valence-electron chi connectivity index (χ2n) is 4.46. The lowest BCUT2D eigenvalue weighted by Gasteiger charge is -2.27. The Morgan fingerprint density at radius 3 is 2.07 bits per heavy atom. The topological polar surface area (TPSA) is 75.4 Å². The van der Waals surface area contributed by atoms with E-state index < -0.39 is 11.6 Å². The molecule has 5 nitrogen and oxygen atoms in total. The summed E-state index contributed by atoms with van der Waals surface area (Å²) < 4.78 is 0. The van der Waals surface area contributed by atoms with Gasteiger partial charge in [0.15, 0.2) is 0 Å². The average molecular weight is 211 g/mol. The maximum Gasteiger partial charge on any atom is 0.339 e. The minimum absolute atomic E-state index is 0.255. The molecule has 1 saturated carbocycles. The lowest BCUT2D eigenvalue weighted by Crippen LogP contribution is -2.48. The number of carbonyl (C=O) groups is 2. The average Bonchev–Trinajstić information content (AvgIpc) is 2.39. The molecule has 5 heteroatoms. The zero-order chi connectivity index (χ0) is 10.9. The van der Waals surface area contributed by atoms with Crippen molar-refractivity contribution >= 4 is 11.9 Å². The predicted octanol–water partition coefficient (Wildman–Crippen LogP) is 0.895. The van der Waals surface area contributed by atoms with Crippen molar-refractivity contribution in [3.63, 3.8) is 0 Å². The van der Waals surface area contributed by atoms with Crippen LogP contribution in [0.15, 0.2) is 0 Å². The van der Waals surface area contributed by atoms with Crippen molar-refractivity contribution in [3.8, 4) is 0 Å². The van der Waals surface area contributed by atoms with Gasteiger partial charge in [-0.05, 0) is 12.8 Å². The third kappa shape index (κ3) is 1.71. The first-order chi connectivity index (χ1) is 7.16. The third-order valence-corrected chi connectivity index (χ3v) is 3.40. The number of nitrogens with zero attached hydrogens (tertiary/aromatic N) is 1. The van der Waals surface area contributed by atoms with Gasteiger partial charge in [0.25, 0.3) is 5.91 Å². The Morgan fingerprint density at radius 2 is 1.60 bits per heavy atom. The van der Waals surface area contributed by atoms with Crippen molar-refractivity contribution in [2.45, 2.75) is 50.5 Å². The molecule has 3 N–H and O–H groups in total. The second kappa shape index (κ2) is 3.81. The Morgan fingerprint density at radius 1 is 1.07 bits per heavy atom. The lowest BCUT2D eigenvalue weighted by atomic mass is 9.84. The molecule has 1 heterocycles. The fraction of sp³-hybridized carbons (Fsp3) is 0.800. The van der Waals surface area contributed by atoms with Crippen molar-refractivity contribution in [2.24, 2.45) is 5.84 Å². The predicted molar refractivity (Wildman–Crippen MR) is 54.6 cm³/mol. The second-order valence-corrected chi connectivity index (χ2v) is 4.46. The first-order valence-corrected chi connectivity index (χ1v) is 5.57. The number of imide groups is 1. The maximum atomic E-state index is 11.9. The van der Waals surface area contributed by atoms with Gasteiger partial charge in [0.05, 0.1) is 0 Å². The van der Waals surface area contributed by atoms with Gasteiger partial charge in [-0.2, -0.15) is 5.01 Å². The van der Waals surface area contributed by atoms with Crippen LogP contribution in [-0.2, 0) is 4.79 Å². The molecule has 0 bridgehead atoms. The van der Waals surface area contributed by atoms with Gasteiger partial charge in [-0.1, -0.05) is 32.1 Å². The van der Waals surface area contributed by atoms with Crippen LogP contribution in [0, 0.1) is 0 Å². The Kier molecular flexibility index (Phi) is 2.65. The summed E-state index contributed by atoms with van der Waals surface area (Å²) >= 11 is 0. The lowest BCUT2D eigenvalue weighted by molar-refractivity contribution is -0.132. The molecule has 2 aliphatic rings. The highest BCUT2D eigenvalue weighted by Crippen LogP contribution is 2.30. The molecule has 0 radical (unpaired) electrons. The smallest absolute Gasteiger partial charge is 0.322 e. The van der Waals surface area contributed by atoms with E-state index in [0.29, 0.717) is 0 Å². The number of carbonyl (C=O) groups excluding carboxylic acids is 2. The van der Waals surface area contributed by atoms with E-state index >= 15 is 0 Å². The van der Waals surface area contributed by atoms with Gasteiger partial charge in [0.1, 0.15) is 5.54 Å². The minimum Gasteiger partial charge on any atom is -0.322 e. The molecule has 2 rings (SSSR count). The zero-order valence-corrected chi connectivity index (χ0v) is 8.79. The Bertz CT molecular complexity index is 282. The molecular formula is C10H17N3O2. The van der Waals surface area contributed by atoms with E-state index in [1.165, 1.54) is 6.42 Å². The van der Waals surface area contributed by atoms with Crippen molar-refractivity contribution < 1.29 is 9.59 Å². The summed E-state index contributed by atoms with van der Waals surface area (Å²) in [5.74, 6) is 5.13. The Hall–Kier alpha value is -1.10. The summed E-state index contributed by atoms with van der Waals surface area (Å²) in [6, 6.07) is -0.458. The van der Waals surface area contributed by atoms with E-state index in [1.54, 1.807) is 0 Å². The summed E-state index contributed by atoms with van der Waals surface area (Å²) in [6.07, 6.45) is 6.92. The SMILES string of the molecule is NN1C(=O)NC2(CCCCCCC2)C1=O. The number of hydrogen-bond acceptors (Lipinski definition) is 3. The fourth-order valence-corrected chi connectivity index (χ4v) is 2.49. The molecule has 1 spiro atoms. The molecule has 0 aromatic rings. The van der Waals surface area contributed by atoms with Crippen LogP contribution in [0.1, 0.15) is 44.9 Å². The fourth-order valence-electron chi connectivity index (χ4n) is 2.49. The van der Waals surface area contributed by atoms with E-state index in [2.05, 4.69) is 5.32 Å². The van der Waals surface area contributed by atoms with Gasteiger partial charge in [-0.15, -0.1) is 0 Å². The van der Waals surface area contributed by atoms with Gasteiger partial charge in [0.2, 0.25) is 0 Å². The number of hydrogen-bond donors (Lipinski definition) is 2. The van der Waals surface area contributed by atoms with Crippen LogP contribution in [0.25, 0.3) is 0 Å². The van der Waals surface area contributed by atoms with E-state index in [9.17, 15) is 9.59 Å². The van der Waals surface area contributed by atoms with Gasteiger partial charge >= 0.3 is 6.03 Å². The third-order valence-electron chi connectivity index (χ3n) is 3.40. The number of rotatable bonds is 0. The van der Waals surface area contributed by atoms with Crippen LogP contribution < -0.4 is 11.2 Å². The van der Waals surface area contributed by atoms with Crippen molar-refractivity contribution in [1.29, 1.82) is 0 Å². The van der Waals surface area contributed by atoms with Gasteiger partial charge in [-0.3, -0.25) is 4.79 Å².